The maximum absolute atomic E-state index is 13.6. The van der Waals surface area contributed by atoms with Crippen molar-refractivity contribution in [3.05, 3.63) is 63.8 Å². The van der Waals surface area contributed by atoms with Gasteiger partial charge in [-0.3, -0.25) is 20.0 Å². The van der Waals surface area contributed by atoms with Crippen LogP contribution in [0.1, 0.15) is 37.9 Å². The van der Waals surface area contributed by atoms with E-state index >= 15 is 0 Å². The number of nitrogens with zero attached hydrogens (tertiary/aromatic N) is 3. The summed E-state index contributed by atoms with van der Waals surface area (Å²) in [5, 5.41) is 10.8. The summed E-state index contributed by atoms with van der Waals surface area (Å²) in [5.74, 6) is -0.307. The highest BCUT2D eigenvalue weighted by Gasteiger charge is 2.39. The number of aromatic nitrogens is 1. The van der Waals surface area contributed by atoms with Gasteiger partial charge >= 0.3 is 0 Å². The summed E-state index contributed by atoms with van der Waals surface area (Å²) < 4.78 is 35.6. The van der Waals surface area contributed by atoms with Crippen LogP contribution in [0.15, 0.2) is 47.4 Å². The van der Waals surface area contributed by atoms with Crippen molar-refractivity contribution >= 4 is 61.9 Å². The zero-order chi connectivity index (χ0) is 34.5. The van der Waals surface area contributed by atoms with Crippen molar-refractivity contribution in [2.75, 3.05) is 32.7 Å². The number of benzene rings is 2. The number of carbonyl (C=O) groups is 2. The first-order valence-electron chi connectivity index (χ1n) is 15.0. The second-order valence-corrected chi connectivity index (χ2v) is 14.3. The van der Waals surface area contributed by atoms with Gasteiger partial charge in [-0.15, -0.1) is 0 Å². The molecule has 47 heavy (non-hydrogen) atoms. The summed E-state index contributed by atoms with van der Waals surface area (Å²) in [4.78, 5) is 33.6. The number of hydrogen-bond donors (Lipinski definition) is 5. The first kappa shape index (κ1) is 36.2. The van der Waals surface area contributed by atoms with E-state index < -0.39 is 27.5 Å². The van der Waals surface area contributed by atoms with Gasteiger partial charge in [0.05, 0.1) is 16.6 Å². The molecule has 1 atom stereocenters. The molecule has 0 unspecified atom stereocenters. The predicted molar refractivity (Wildman–Crippen MR) is 182 cm³/mol. The Labute approximate surface area is 284 Å². The average Bonchev–Trinajstić information content (AvgIpc) is 3.01. The lowest BCUT2D eigenvalue weighted by molar-refractivity contribution is -0.143. The number of amides is 2. The Hall–Kier alpha value is -3.69. The number of nitrogens with one attached hydrogen (secondary N) is 3. The van der Waals surface area contributed by atoms with Crippen LogP contribution in [-0.4, -0.2) is 85.3 Å². The van der Waals surface area contributed by atoms with E-state index in [0.29, 0.717) is 25.1 Å². The maximum Gasteiger partial charge on any atom is 0.243 e. The fourth-order valence-corrected chi connectivity index (χ4v) is 7.49. The molecule has 0 spiro atoms. The molecular weight excluding hydrogens is 667 g/mol. The van der Waals surface area contributed by atoms with Gasteiger partial charge in [-0.25, -0.2) is 8.42 Å². The van der Waals surface area contributed by atoms with Gasteiger partial charge in [0.25, 0.3) is 0 Å². The number of ether oxygens (including phenoxy) is 1. The van der Waals surface area contributed by atoms with Crippen molar-refractivity contribution in [2.24, 2.45) is 11.5 Å². The van der Waals surface area contributed by atoms with E-state index in [0.717, 1.165) is 16.6 Å². The summed E-state index contributed by atoms with van der Waals surface area (Å²) >= 11 is 13.0. The van der Waals surface area contributed by atoms with Crippen molar-refractivity contribution in [1.82, 2.24) is 24.8 Å². The molecule has 1 aliphatic rings. The number of sulfonamides is 1. The number of hydrogen-bond acceptors (Lipinski definition) is 8. The van der Waals surface area contributed by atoms with Crippen LogP contribution >= 0.6 is 23.2 Å². The topological polar surface area (TPSA) is 197 Å². The molecule has 1 saturated heterocycles. The normalized spacial score (nSPS) is 14.6. The van der Waals surface area contributed by atoms with Crippen LogP contribution in [0, 0.1) is 12.3 Å². The number of aryl methyl sites for hydroxylation is 1. The fraction of sp³-hybridized carbons (Fsp3) is 0.419. The van der Waals surface area contributed by atoms with Crippen LogP contribution in [0.3, 0.4) is 0 Å². The molecule has 2 aromatic carbocycles. The van der Waals surface area contributed by atoms with Gasteiger partial charge in [0.15, 0.2) is 5.96 Å². The molecule has 16 heteroatoms. The number of pyridine rings is 1. The minimum absolute atomic E-state index is 0.101. The van der Waals surface area contributed by atoms with E-state index in [1.165, 1.54) is 30.9 Å². The van der Waals surface area contributed by atoms with Gasteiger partial charge < -0.3 is 31.3 Å². The molecule has 7 N–H and O–H groups in total. The molecule has 3 aromatic rings. The highest BCUT2D eigenvalue weighted by molar-refractivity contribution is 7.89. The largest absolute Gasteiger partial charge is 0.489 e. The standard InChI is InChI=1S/C31H40Cl2N8O5S/c1-19-6-7-20-17-21(8-10-25(20)38-19)46-18-22-23(32)9-11-26(27(22)33)47(44,45)39-31(2,3)29(43)41-15-13-40(14-16-41)28(42)24(34)5-4-12-37-30(35)36/h6-11,17,24,39H,4-5,12-16,18,34H2,1-3H3,(H4,35,36,37)/t24-/m1/s1. The van der Waals surface area contributed by atoms with Crippen LogP contribution in [0.2, 0.25) is 10.0 Å². The Kier molecular flexibility index (Phi) is 11.6. The molecule has 13 nitrogen and oxygen atoms in total. The smallest absolute Gasteiger partial charge is 0.243 e. The third-order valence-corrected chi connectivity index (χ3v) is 10.3. The van der Waals surface area contributed by atoms with Crippen molar-refractivity contribution in [2.45, 2.75) is 56.7 Å². The molecule has 2 amide bonds. The molecule has 1 aromatic heterocycles. The third kappa shape index (κ3) is 9.02. The van der Waals surface area contributed by atoms with Crippen molar-refractivity contribution in [1.29, 1.82) is 5.41 Å². The molecular formula is C31H40Cl2N8O5S. The van der Waals surface area contributed by atoms with Gasteiger partial charge in [-0.1, -0.05) is 29.3 Å². The highest BCUT2D eigenvalue weighted by atomic mass is 35.5. The van der Waals surface area contributed by atoms with Crippen molar-refractivity contribution in [3.8, 4) is 5.75 Å². The molecule has 1 aliphatic heterocycles. The summed E-state index contributed by atoms with van der Waals surface area (Å²) in [6.45, 7) is 6.12. The molecule has 254 valence electrons. The summed E-state index contributed by atoms with van der Waals surface area (Å²) in [6.07, 6.45) is 0.975. The van der Waals surface area contributed by atoms with Gasteiger partial charge in [0.2, 0.25) is 21.8 Å². The Morgan fingerprint density at radius 3 is 2.45 bits per heavy atom. The van der Waals surface area contributed by atoms with E-state index in [9.17, 15) is 18.0 Å². The number of piperazine rings is 1. The molecule has 0 bridgehead atoms. The average molecular weight is 708 g/mol. The number of carbonyl (C=O) groups excluding carboxylic acids is 2. The number of guanidine groups is 1. The zero-order valence-electron chi connectivity index (χ0n) is 26.5. The zero-order valence-corrected chi connectivity index (χ0v) is 28.8. The lowest BCUT2D eigenvalue weighted by Crippen LogP contribution is -2.61. The van der Waals surface area contributed by atoms with Crippen LogP contribution in [0.5, 0.6) is 5.75 Å². The monoisotopic (exact) mass is 706 g/mol. The van der Waals surface area contributed by atoms with Gasteiger partial charge in [-0.05, 0) is 70.0 Å². The lowest BCUT2D eigenvalue weighted by atomic mass is 10.0. The summed E-state index contributed by atoms with van der Waals surface area (Å²) in [7, 11) is -4.30. The number of rotatable bonds is 12. The molecule has 0 saturated carbocycles. The summed E-state index contributed by atoms with van der Waals surface area (Å²) in [6, 6.07) is 11.2. The second-order valence-electron chi connectivity index (χ2n) is 11.9. The van der Waals surface area contributed by atoms with Crippen LogP contribution in [-0.2, 0) is 26.2 Å². The maximum atomic E-state index is 13.6. The van der Waals surface area contributed by atoms with Gasteiger partial charge in [-0.2, -0.15) is 4.72 Å². The van der Waals surface area contributed by atoms with Gasteiger partial charge in [0.1, 0.15) is 22.8 Å². The Bertz CT molecular complexity index is 1760. The molecule has 0 radical (unpaired) electrons. The molecule has 2 heterocycles. The van der Waals surface area contributed by atoms with E-state index in [1.807, 2.05) is 31.2 Å². The van der Waals surface area contributed by atoms with E-state index in [4.69, 9.17) is 44.8 Å². The Morgan fingerprint density at radius 2 is 1.77 bits per heavy atom. The molecule has 1 fully saturated rings. The van der Waals surface area contributed by atoms with Crippen LogP contribution in [0.25, 0.3) is 10.9 Å². The quantitative estimate of drug-likeness (QED) is 0.107. The number of fused-ring (bicyclic) bond motifs is 1. The fourth-order valence-electron chi connectivity index (χ4n) is 5.23. The van der Waals surface area contributed by atoms with Crippen LogP contribution in [0.4, 0.5) is 0 Å². The van der Waals surface area contributed by atoms with Gasteiger partial charge in [0, 0.05) is 54.4 Å². The molecule has 0 aliphatic carbocycles. The Morgan fingerprint density at radius 1 is 1.09 bits per heavy atom. The first-order chi connectivity index (χ1) is 22.1. The van der Waals surface area contributed by atoms with E-state index in [1.54, 1.807) is 11.0 Å². The summed E-state index contributed by atoms with van der Waals surface area (Å²) in [5.41, 5.74) is 11.8. The van der Waals surface area contributed by atoms with Crippen molar-refractivity contribution in [3.63, 3.8) is 0 Å². The van der Waals surface area contributed by atoms with E-state index in [-0.39, 0.29) is 65.2 Å². The minimum atomic E-state index is -4.30. The number of nitrogens with two attached hydrogens (primary N) is 2. The highest BCUT2D eigenvalue weighted by Crippen LogP contribution is 2.33. The first-order valence-corrected chi connectivity index (χ1v) is 17.3. The SMILES string of the molecule is Cc1ccc2cc(OCc3c(Cl)ccc(S(=O)(=O)NC(C)(C)C(=O)N4CCN(C(=O)[C@H](N)CCCNC(=N)N)CC4)c3Cl)ccc2n1. The van der Waals surface area contributed by atoms with Crippen molar-refractivity contribution < 1.29 is 22.7 Å². The Balaban J connectivity index is 1.38. The second kappa shape index (κ2) is 15.0. The van der Waals surface area contributed by atoms with Crippen LogP contribution < -0.4 is 26.2 Å². The minimum Gasteiger partial charge on any atom is -0.489 e. The lowest BCUT2D eigenvalue weighted by Gasteiger charge is -2.39. The predicted octanol–water partition coefficient (Wildman–Crippen LogP) is 2.75. The number of halogens is 2. The third-order valence-electron chi connectivity index (χ3n) is 7.75. The molecule has 4 rings (SSSR count). The van der Waals surface area contributed by atoms with E-state index in [2.05, 4.69) is 15.0 Å².